The van der Waals surface area contributed by atoms with Crippen LogP contribution in [-0.2, 0) is 0 Å². The number of aliphatic hydroxyl groups is 1. The summed E-state index contributed by atoms with van der Waals surface area (Å²) in [5.41, 5.74) is 0.0430. The first-order chi connectivity index (χ1) is 10.5. The van der Waals surface area contributed by atoms with E-state index < -0.39 is 17.1 Å². The Morgan fingerprint density at radius 1 is 1.45 bits per heavy atom. The second-order valence-corrected chi connectivity index (χ2v) is 4.69. The summed E-state index contributed by atoms with van der Waals surface area (Å²) in [6.45, 7) is -0.0655. The molecule has 0 spiro atoms. The molecule has 2 amide bonds. The number of furan rings is 1. The highest BCUT2D eigenvalue weighted by Crippen LogP contribution is 2.26. The van der Waals surface area contributed by atoms with E-state index in [1.54, 1.807) is 12.1 Å². The highest BCUT2D eigenvalue weighted by Gasteiger charge is 2.14. The van der Waals surface area contributed by atoms with Crippen molar-refractivity contribution in [2.45, 2.75) is 6.10 Å². The monoisotopic (exact) mass is 325 g/mol. The van der Waals surface area contributed by atoms with E-state index in [2.05, 4.69) is 10.6 Å². The van der Waals surface area contributed by atoms with Crippen LogP contribution in [0.1, 0.15) is 11.9 Å². The van der Waals surface area contributed by atoms with Gasteiger partial charge in [-0.25, -0.2) is 4.79 Å². The van der Waals surface area contributed by atoms with Gasteiger partial charge in [-0.1, -0.05) is 11.6 Å². The number of nitro benzene ring substituents is 1. The fourth-order valence-corrected chi connectivity index (χ4v) is 1.88. The highest BCUT2D eigenvalue weighted by atomic mass is 35.5. The van der Waals surface area contributed by atoms with Crippen molar-refractivity contribution in [3.05, 3.63) is 57.5 Å². The van der Waals surface area contributed by atoms with Gasteiger partial charge in [-0.3, -0.25) is 10.1 Å². The summed E-state index contributed by atoms with van der Waals surface area (Å²) >= 11 is 5.85. The molecule has 116 valence electrons. The van der Waals surface area contributed by atoms with Crippen molar-refractivity contribution >= 4 is 29.0 Å². The largest absolute Gasteiger partial charge is 0.467 e. The Morgan fingerprint density at radius 3 is 2.82 bits per heavy atom. The van der Waals surface area contributed by atoms with Gasteiger partial charge in [0.15, 0.2) is 0 Å². The van der Waals surface area contributed by atoms with Gasteiger partial charge in [0, 0.05) is 12.1 Å². The van der Waals surface area contributed by atoms with Crippen molar-refractivity contribution in [1.82, 2.24) is 5.32 Å². The number of nitrogens with one attached hydrogen (secondary N) is 2. The van der Waals surface area contributed by atoms with Gasteiger partial charge in [-0.15, -0.1) is 0 Å². The SMILES string of the molecule is O=C(NCC(O)c1ccco1)Nc1ccc([N+](=O)[O-])cc1Cl. The molecule has 9 heteroatoms. The van der Waals surface area contributed by atoms with Crippen LogP contribution in [0.3, 0.4) is 0 Å². The number of carbonyl (C=O) groups excluding carboxylic acids is 1. The molecule has 0 aliphatic carbocycles. The normalized spacial score (nSPS) is 11.7. The van der Waals surface area contributed by atoms with E-state index in [1.807, 2.05) is 0 Å². The zero-order chi connectivity index (χ0) is 16.1. The summed E-state index contributed by atoms with van der Waals surface area (Å²) in [4.78, 5) is 21.7. The molecule has 1 aromatic heterocycles. The smallest absolute Gasteiger partial charge is 0.319 e. The Labute approximate surface area is 129 Å². The molecule has 0 saturated heterocycles. The number of halogens is 1. The van der Waals surface area contributed by atoms with Gasteiger partial charge in [-0.2, -0.15) is 0 Å². The van der Waals surface area contributed by atoms with Crippen molar-refractivity contribution in [2.24, 2.45) is 0 Å². The highest BCUT2D eigenvalue weighted by molar-refractivity contribution is 6.33. The van der Waals surface area contributed by atoms with Gasteiger partial charge < -0.3 is 20.2 Å². The lowest BCUT2D eigenvalue weighted by Crippen LogP contribution is -2.32. The number of hydrogen-bond acceptors (Lipinski definition) is 5. The van der Waals surface area contributed by atoms with Crippen LogP contribution < -0.4 is 10.6 Å². The first kappa shape index (κ1) is 15.8. The van der Waals surface area contributed by atoms with Crippen LogP contribution in [0.25, 0.3) is 0 Å². The van der Waals surface area contributed by atoms with Crippen LogP contribution >= 0.6 is 11.6 Å². The fourth-order valence-electron chi connectivity index (χ4n) is 1.66. The minimum Gasteiger partial charge on any atom is -0.467 e. The molecule has 1 heterocycles. The van der Waals surface area contributed by atoms with Gasteiger partial charge in [0.2, 0.25) is 0 Å². The molecule has 2 aromatic rings. The zero-order valence-corrected chi connectivity index (χ0v) is 11.9. The van der Waals surface area contributed by atoms with Crippen molar-refractivity contribution in [3.63, 3.8) is 0 Å². The second kappa shape index (κ2) is 6.92. The Kier molecular flexibility index (Phi) is 4.97. The number of non-ortho nitro benzene ring substituents is 1. The van der Waals surface area contributed by atoms with E-state index in [1.165, 1.54) is 18.4 Å². The van der Waals surface area contributed by atoms with E-state index in [9.17, 15) is 20.0 Å². The molecular formula is C13H12ClN3O5. The van der Waals surface area contributed by atoms with Crippen LogP contribution in [0.15, 0.2) is 41.0 Å². The number of urea groups is 1. The Balaban J connectivity index is 1.91. The molecule has 0 bridgehead atoms. The number of rotatable bonds is 5. The van der Waals surface area contributed by atoms with Crippen LogP contribution in [0.5, 0.6) is 0 Å². The lowest BCUT2D eigenvalue weighted by molar-refractivity contribution is -0.384. The third kappa shape index (κ3) is 3.96. The van der Waals surface area contributed by atoms with E-state index >= 15 is 0 Å². The van der Waals surface area contributed by atoms with Gasteiger partial charge in [0.05, 0.1) is 28.4 Å². The van der Waals surface area contributed by atoms with E-state index in [-0.39, 0.29) is 22.9 Å². The van der Waals surface area contributed by atoms with Gasteiger partial charge in [0.1, 0.15) is 11.9 Å². The lowest BCUT2D eigenvalue weighted by atomic mass is 10.2. The quantitative estimate of drug-likeness (QED) is 0.577. The lowest BCUT2D eigenvalue weighted by Gasteiger charge is -2.11. The molecule has 0 saturated carbocycles. The molecule has 1 unspecified atom stereocenters. The molecule has 22 heavy (non-hydrogen) atoms. The molecule has 3 N–H and O–H groups in total. The number of carbonyl (C=O) groups is 1. The topological polar surface area (TPSA) is 118 Å². The molecule has 8 nitrogen and oxygen atoms in total. The standard InChI is InChI=1S/C13H12ClN3O5/c14-9-6-8(17(20)21)3-4-10(9)16-13(19)15-7-11(18)12-2-1-5-22-12/h1-6,11,18H,7H2,(H2,15,16,19). The van der Waals surface area contributed by atoms with E-state index in [0.717, 1.165) is 6.07 Å². The summed E-state index contributed by atoms with van der Waals surface area (Å²) < 4.78 is 4.99. The zero-order valence-electron chi connectivity index (χ0n) is 11.2. The predicted molar refractivity (Wildman–Crippen MR) is 78.8 cm³/mol. The minimum atomic E-state index is -0.979. The number of amides is 2. The molecule has 0 aliphatic rings. The maximum absolute atomic E-state index is 11.7. The maximum Gasteiger partial charge on any atom is 0.319 e. The fraction of sp³-hybridized carbons (Fsp3) is 0.154. The number of aliphatic hydroxyl groups excluding tert-OH is 1. The van der Waals surface area contributed by atoms with Crippen LogP contribution in [0.2, 0.25) is 5.02 Å². The number of hydrogen-bond donors (Lipinski definition) is 3. The summed E-state index contributed by atoms with van der Waals surface area (Å²) in [7, 11) is 0. The predicted octanol–water partition coefficient (Wildman–Crippen LogP) is 2.70. The molecule has 1 aromatic carbocycles. The third-order valence-corrected chi connectivity index (χ3v) is 3.05. The van der Waals surface area contributed by atoms with Crippen molar-refractivity contribution in [3.8, 4) is 0 Å². The van der Waals surface area contributed by atoms with Gasteiger partial charge >= 0.3 is 6.03 Å². The Bertz CT molecular complexity index is 674. The van der Waals surface area contributed by atoms with Crippen LogP contribution in [-0.4, -0.2) is 22.6 Å². The number of benzene rings is 1. The maximum atomic E-state index is 11.7. The van der Waals surface area contributed by atoms with Crippen molar-refractivity contribution in [2.75, 3.05) is 11.9 Å². The molecule has 2 rings (SSSR count). The summed E-state index contributed by atoms with van der Waals surface area (Å²) in [6, 6.07) is 6.27. The average Bonchev–Trinajstić information content (AvgIpc) is 3.01. The van der Waals surface area contributed by atoms with Crippen LogP contribution in [0.4, 0.5) is 16.2 Å². The Hall–Kier alpha value is -2.58. The summed E-state index contributed by atoms with van der Waals surface area (Å²) in [6.07, 6.45) is 0.433. The van der Waals surface area contributed by atoms with Crippen LogP contribution in [0, 0.1) is 10.1 Å². The molecular weight excluding hydrogens is 314 g/mol. The van der Waals surface area contributed by atoms with Crippen molar-refractivity contribution in [1.29, 1.82) is 0 Å². The van der Waals surface area contributed by atoms with Gasteiger partial charge in [0.25, 0.3) is 5.69 Å². The average molecular weight is 326 g/mol. The number of nitro groups is 1. The first-order valence-corrected chi connectivity index (χ1v) is 6.55. The van der Waals surface area contributed by atoms with Crippen molar-refractivity contribution < 1.29 is 19.2 Å². The molecule has 0 fully saturated rings. The second-order valence-electron chi connectivity index (χ2n) is 4.29. The minimum absolute atomic E-state index is 0.0379. The molecule has 0 radical (unpaired) electrons. The molecule has 1 atom stereocenters. The first-order valence-electron chi connectivity index (χ1n) is 6.17. The molecule has 0 aliphatic heterocycles. The van der Waals surface area contributed by atoms with E-state index in [4.69, 9.17) is 16.0 Å². The Morgan fingerprint density at radius 2 is 2.23 bits per heavy atom. The van der Waals surface area contributed by atoms with Gasteiger partial charge in [-0.05, 0) is 18.2 Å². The summed E-state index contributed by atoms with van der Waals surface area (Å²) in [5, 5.41) is 25.2. The number of nitrogens with zero attached hydrogens (tertiary/aromatic N) is 1. The van der Waals surface area contributed by atoms with E-state index in [0.29, 0.717) is 5.76 Å². The summed E-state index contributed by atoms with van der Waals surface area (Å²) in [5.74, 6) is 0.327. The number of anilines is 1. The third-order valence-electron chi connectivity index (χ3n) is 2.74.